The Morgan fingerprint density at radius 3 is 2.64 bits per heavy atom. The molecule has 0 bridgehead atoms. The maximum Gasteiger partial charge on any atom is 0.282 e. The smallest absolute Gasteiger partial charge is 0.282 e. The van der Waals surface area contributed by atoms with Gasteiger partial charge in [-0.1, -0.05) is 47.5 Å². The van der Waals surface area contributed by atoms with Crippen LogP contribution in [0.2, 0.25) is 10.0 Å². The number of benzene rings is 2. The second-order valence-electron chi connectivity index (χ2n) is 7.51. The first-order chi connectivity index (χ1) is 15.6. The van der Waals surface area contributed by atoms with Crippen LogP contribution in [0, 0.1) is 5.82 Å². The first-order valence-corrected chi connectivity index (χ1v) is 12.4. The fraction of sp³-hybridized carbons (Fsp3) is 0.130. The third-order valence-corrected chi connectivity index (χ3v) is 6.31. The molecule has 0 saturated carbocycles. The third kappa shape index (κ3) is 4.59. The van der Waals surface area contributed by atoms with Crippen molar-refractivity contribution in [3.8, 4) is 0 Å². The van der Waals surface area contributed by atoms with Gasteiger partial charge in [-0.15, -0.1) is 0 Å². The van der Waals surface area contributed by atoms with Crippen LogP contribution in [0.5, 0.6) is 0 Å². The monoisotopic (exact) mass is 506 g/mol. The molecular formula is C23H17Cl2FN2O4S. The number of carbonyl (C=O) groups excluding carboxylic acids is 2. The van der Waals surface area contributed by atoms with Crippen molar-refractivity contribution in [2.24, 2.45) is 0 Å². The lowest BCUT2D eigenvalue weighted by atomic mass is 9.93. The van der Waals surface area contributed by atoms with Gasteiger partial charge < -0.3 is 4.57 Å². The lowest BCUT2D eigenvalue weighted by molar-refractivity contribution is -0.113. The Morgan fingerprint density at radius 2 is 1.97 bits per heavy atom. The lowest BCUT2D eigenvalue weighted by Gasteiger charge is -2.15. The number of halogens is 3. The molecule has 1 N–H and O–H groups in total. The normalized spacial score (nSPS) is 13.9. The van der Waals surface area contributed by atoms with Crippen LogP contribution in [0.3, 0.4) is 0 Å². The van der Waals surface area contributed by atoms with E-state index in [9.17, 15) is 22.4 Å². The van der Waals surface area contributed by atoms with Crippen molar-refractivity contribution >= 4 is 61.4 Å². The SMILES string of the molecule is CS(=O)(=O)NC(=O)c1c(C2=CC=CCC2=O)c2cc(Cl)ccc2n1Cc1c(F)cccc1Cl. The van der Waals surface area contributed by atoms with Crippen LogP contribution in [0.4, 0.5) is 4.39 Å². The summed E-state index contributed by atoms with van der Waals surface area (Å²) >= 11 is 12.4. The number of allylic oxidation sites excluding steroid dienone is 4. The van der Waals surface area contributed by atoms with Crippen molar-refractivity contribution < 1.29 is 22.4 Å². The number of sulfonamides is 1. The molecule has 3 aromatic rings. The highest BCUT2D eigenvalue weighted by molar-refractivity contribution is 7.89. The summed E-state index contributed by atoms with van der Waals surface area (Å²) in [6.07, 6.45) is 5.87. The van der Waals surface area contributed by atoms with E-state index in [0.717, 1.165) is 6.26 Å². The van der Waals surface area contributed by atoms with Crippen molar-refractivity contribution in [1.29, 1.82) is 0 Å². The molecule has 0 aliphatic heterocycles. The number of amides is 1. The van der Waals surface area contributed by atoms with Crippen LogP contribution < -0.4 is 4.72 Å². The van der Waals surface area contributed by atoms with Crippen molar-refractivity contribution in [2.45, 2.75) is 13.0 Å². The number of Topliss-reactive ketones (excluding diaryl/α,β-unsaturated/α-hetero) is 1. The average Bonchev–Trinajstić information content (AvgIpc) is 3.03. The number of fused-ring (bicyclic) bond motifs is 1. The molecule has 0 saturated heterocycles. The minimum Gasteiger partial charge on any atom is -0.331 e. The van der Waals surface area contributed by atoms with E-state index in [1.54, 1.807) is 36.4 Å². The first kappa shape index (κ1) is 23.2. The Morgan fingerprint density at radius 1 is 1.21 bits per heavy atom. The second-order valence-corrected chi connectivity index (χ2v) is 10.1. The van der Waals surface area contributed by atoms with Gasteiger partial charge in [0.1, 0.15) is 11.5 Å². The summed E-state index contributed by atoms with van der Waals surface area (Å²) < 4.78 is 41.8. The molecule has 0 unspecified atom stereocenters. The highest BCUT2D eigenvalue weighted by Crippen LogP contribution is 2.37. The van der Waals surface area contributed by atoms with Crippen LogP contribution in [-0.2, 0) is 21.4 Å². The summed E-state index contributed by atoms with van der Waals surface area (Å²) in [5, 5.41) is 0.931. The Kier molecular flexibility index (Phi) is 6.18. The second kappa shape index (κ2) is 8.78. The number of ketones is 1. The summed E-state index contributed by atoms with van der Waals surface area (Å²) in [5.74, 6) is -1.81. The van der Waals surface area contributed by atoms with Crippen LogP contribution in [0.1, 0.15) is 28.0 Å². The number of nitrogens with one attached hydrogen (secondary N) is 1. The highest BCUT2D eigenvalue weighted by Gasteiger charge is 2.30. The zero-order valence-electron chi connectivity index (χ0n) is 17.2. The minimum absolute atomic E-state index is 0.106. The van der Waals surface area contributed by atoms with E-state index in [-0.39, 0.29) is 46.2 Å². The van der Waals surface area contributed by atoms with Crippen molar-refractivity contribution in [1.82, 2.24) is 9.29 Å². The molecule has 2 aromatic carbocycles. The fourth-order valence-electron chi connectivity index (χ4n) is 3.82. The summed E-state index contributed by atoms with van der Waals surface area (Å²) in [5.41, 5.74) is 0.884. The van der Waals surface area contributed by atoms with Crippen molar-refractivity contribution in [3.05, 3.63) is 87.3 Å². The molecular weight excluding hydrogens is 490 g/mol. The quantitative estimate of drug-likeness (QED) is 0.541. The van der Waals surface area contributed by atoms with Crippen LogP contribution in [-0.4, -0.2) is 30.9 Å². The van der Waals surface area contributed by atoms with Gasteiger partial charge in [-0.2, -0.15) is 0 Å². The van der Waals surface area contributed by atoms with E-state index in [1.165, 1.54) is 22.8 Å². The molecule has 170 valence electrons. The maximum absolute atomic E-state index is 14.6. The minimum atomic E-state index is -3.94. The van der Waals surface area contributed by atoms with E-state index in [0.29, 0.717) is 15.9 Å². The Labute approximate surface area is 199 Å². The van der Waals surface area contributed by atoms with E-state index in [2.05, 4.69) is 0 Å². The van der Waals surface area contributed by atoms with E-state index in [4.69, 9.17) is 23.2 Å². The molecule has 1 aliphatic carbocycles. The number of carbonyl (C=O) groups is 2. The van der Waals surface area contributed by atoms with Gasteiger partial charge in [-0.05, 0) is 30.3 Å². The van der Waals surface area contributed by atoms with Crippen LogP contribution >= 0.6 is 23.2 Å². The number of nitrogens with zero attached hydrogens (tertiary/aromatic N) is 1. The van der Waals surface area contributed by atoms with Crippen molar-refractivity contribution in [3.63, 3.8) is 0 Å². The van der Waals surface area contributed by atoms with Gasteiger partial charge in [0, 0.05) is 44.1 Å². The van der Waals surface area contributed by atoms with Crippen LogP contribution in [0.15, 0.2) is 54.6 Å². The topological polar surface area (TPSA) is 85.2 Å². The molecule has 1 aliphatic rings. The lowest BCUT2D eigenvalue weighted by Crippen LogP contribution is -2.32. The zero-order valence-corrected chi connectivity index (χ0v) is 19.6. The standard InChI is InChI=1S/C23H17Cl2FN2O4S/c1-33(31,32)27-23(30)22-21(14-5-2-3-8-20(14)29)15-11-13(24)9-10-19(15)28(22)12-16-17(25)6-4-7-18(16)26/h2-7,9-11H,8,12H2,1H3,(H,27,30). The number of aromatic nitrogens is 1. The Hall–Kier alpha value is -2.94. The Bertz CT molecular complexity index is 1470. The molecule has 10 heteroatoms. The van der Waals surface area contributed by atoms with Gasteiger partial charge in [-0.3, -0.25) is 9.59 Å². The first-order valence-electron chi connectivity index (χ1n) is 9.74. The zero-order chi connectivity index (χ0) is 23.9. The molecule has 1 aromatic heterocycles. The maximum atomic E-state index is 14.6. The van der Waals surface area contributed by atoms with Gasteiger partial charge in [0.15, 0.2) is 5.78 Å². The molecule has 1 heterocycles. The van der Waals surface area contributed by atoms with Gasteiger partial charge in [0.05, 0.1) is 12.8 Å². The summed E-state index contributed by atoms with van der Waals surface area (Å²) in [4.78, 5) is 26.0. The van der Waals surface area contributed by atoms with E-state index < -0.39 is 21.7 Å². The fourth-order valence-corrected chi connectivity index (χ4v) is 4.65. The molecule has 6 nitrogen and oxygen atoms in total. The largest absolute Gasteiger partial charge is 0.331 e. The van der Waals surface area contributed by atoms with Gasteiger partial charge in [0.2, 0.25) is 10.0 Å². The number of hydrogen-bond donors (Lipinski definition) is 1. The van der Waals surface area contributed by atoms with Gasteiger partial charge in [0.25, 0.3) is 5.91 Å². The van der Waals surface area contributed by atoms with E-state index >= 15 is 0 Å². The predicted octanol–water partition coefficient (Wildman–Crippen LogP) is 4.74. The average molecular weight is 507 g/mol. The van der Waals surface area contributed by atoms with Gasteiger partial charge >= 0.3 is 0 Å². The molecule has 0 spiro atoms. The summed E-state index contributed by atoms with van der Waals surface area (Å²) in [7, 11) is -3.94. The van der Waals surface area contributed by atoms with Crippen molar-refractivity contribution in [2.75, 3.05) is 6.26 Å². The Balaban J connectivity index is 2.08. The molecule has 0 atom stereocenters. The predicted molar refractivity (Wildman–Crippen MR) is 127 cm³/mol. The molecule has 0 fully saturated rings. The van der Waals surface area contributed by atoms with Gasteiger partial charge in [-0.25, -0.2) is 17.5 Å². The molecule has 1 amide bonds. The van der Waals surface area contributed by atoms with E-state index in [1.807, 2.05) is 4.72 Å². The molecule has 0 radical (unpaired) electrons. The highest BCUT2D eigenvalue weighted by atomic mass is 35.5. The molecule has 33 heavy (non-hydrogen) atoms. The summed E-state index contributed by atoms with van der Waals surface area (Å²) in [6, 6.07) is 8.99. The van der Waals surface area contributed by atoms with Crippen LogP contribution in [0.25, 0.3) is 16.5 Å². The third-order valence-electron chi connectivity index (χ3n) is 5.17. The number of hydrogen-bond acceptors (Lipinski definition) is 4. The summed E-state index contributed by atoms with van der Waals surface area (Å²) in [6.45, 7) is -0.187. The number of rotatable bonds is 5. The molecule has 4 rings (SSSR count).